The van der Waals surface area contributed by atoms with Crippen molar-refractivity contribution in [2.75, 3.05) is 13.2 Å². The molecule has 0 saturated carbocycles. The molecule has 0 aliphatic carbocycles. The van der Waals surface area contributed by atoms with Crippen molar-refractivity contribution < 1.29 is 54.6 Å². The molecule has 0 bridgehead atoms. The number of hydrogen-bond acceptors (Lipinski definition) is 8. The van der Waals surface area contributed by atoms with E-state index in [1.54, 1.807) is 13.8 Å². The summed E-state index contributed by atoms with van der Waals surface area (Å²) in [6.45, 7) is 20.0. The molecule has 0 rings (SSSR count). The maximum atomic E-state index is 10.4. The first-order valence-electron chi connectivity index (χ1n) is 9.45. The fourth-order valence-electron chi connectivity index (χ4n) is 1.10. The molecule has 0 radical (unpaired) electrons. The predicted octanol–water partition coefficient (Wildman–Crippen LogP) is 3.66. The summed E-state index contributed by atoms with van der Waals surface area (Å²) in [6.07, 6.45) is -0.207. The summed E-state index contributed by atoms with van der Waals surface area (Å²) in [4.78, 5) is 41.3. The van der Waals surface area contributed by atoms with Crippen LogP contribution in [-0.4, -0.2) is 53.4 Å². The Hall–Kier alpha value is -0.652. The molecule has 29 heavy (non-hydrogen) atoms. The SMILES string of the molecule is CCOC(=O)CC(C)=O.CCOC(=O)CC(C)=O.C[Si](C)(C)[O][Ti][O][Si](C)(C)C. The molecule has 0 saturated heterocycles. The molecule has 0 aromatic heterocycles. The minimum atomic E-state index is -1.30. The van der Waals surface area contributed by atoms with Crippen LogP contribution in [0.2, 0.25) is 39.3 Å². The molecule has 0 amide bonds. The number of carbonyl (C=O) groups excluding carboxylic acids is 4. The Morgan fingerprint density at radius 3 is 1.10 bits per heavy atom. The number of ketones is 2. The second kappa shape index (κ2) is 18.1. The zero-order chi connectivity index (χ0) is 23.7. The molecule has 0 unspecified atom stereocenters. The first kappa shape index (κ1) is 33.0. The fraction of sp³-hybridized carbons (Fsp3) is 0.778. The van der Waals surface area contributed by atoms with Crippen LogP contribution in [0, 0.1) is 0 Å². The van der Waals surface area contributed by atoms with E-state index in [0.29, 0.717) is 13.2 Å². The first-order chi connectivity index (χ1) is 13.0. The molecule has 11 heteroatoms. The Kier molecular flexibility index (Phi) is 20.6. The van der Waals surface area contributed by atoms with Crippen molar-refractivity contribution in [2.45, 2.75) is 79.8 Å². The van der Waals surface area contributed by atoms with Gasteiger partial charge in [-0.05, 0) is 27.7 Å². The number of rotatable bonds is 10. The zero-order valence-electron chi connectivity index (χ0n) is 19.6. The van der Waals surface area contributed by atoms with Gasteiger partial charge in [0, 0.05) is 0 Å². The summed E-state index contributed by atoms with van der Waals surface area (Å²) in [6, 6.07) is 0. The van der Waals surface area contributed by atoms with Gasteiger partial charge in [0.05, 0.1) is 13.2 Å². The number of hydrogen-bond donors (Lipinski definition) is 0. The van der Waals surface area contributed by atoms with Crippen LogP contribution >= 0.6 is 0 Å². The van der Waals surface area contributed by atoms with Crippen LogP contribution in [-0.2, 0) is 54.6 Å². The first-order valence-corrected chi connectivity index (χ1v) is 17.5. The van der Waals surface area contributed by atoms with Gasteiger partial charge in [-0.3, -0.25) is 19.2 Å². The predicted molar refractivity (Wildman–Crippen MR) is 113 cm³/mol. The van der Waals surface area contributed by atoms with Crippen LogP contribution < -0.4 is 0 Å². The molecule has 0 aromatic rings. The molecule has 170 valence electrons. The van der Waals surface area contributed by atoms with Crippen molar-refractivity contribution >= 4 is 40.1 Å². The Labute approximate surface area is 187 Å². The molecule has 0 aliphatic rings. The van der Waals surface area contributed by atoms with E-state index in [4.69, 9.17) is 6.02 Å². The third-order valence-electron chi connectivity index (χ3n) is 2.09. The Balaban J connectivity index is -0.000000352. The molecule has 0 aromatic carbocycles. The molecular weight excluding hydrogens is 448 g/mol. The standard InChI is InChI=1S/2C6H10O3.2C3H9OSi.Ti/c2*1-3-9-6(8)4-5(2)7;2*1-5(2,3)4;/h2*3-4H2,1-2H3;2*1-3H3;/q;;2*-1;+2. The van der Waals surface area contributed by atoms with Crippen LogP contribution in [0.1, 0.15) is 40.5 Å². The second-order valence-electron chi connectivity index (χ2n) is 7.88. The molecule has 0 spiro atoms. The van der Waals surface area contributed by atoms with Gasteiger partial charge in [-0.2, -0.15) is 0 Å². The summed E-state index contributed by atoms with van der Waals surface area (Å²) in [5.74, 6) is -1.20. The summed E-state index contributed by atoms with van der Waals surface area (Å²) in [5, 5.41) is 0. The van der Waals surface area contributed by atoms with E-state index in [1.807, 2.05) is 0 Å². The normalized spacial score (nSPS) is 10.4. The Morgan fingerprint density at radius 1 is 0.655 bits per heavy atom. The van der Waals surface area contributed by atoms with Gasteiger partial charge in [-0.25, -0.2) is 0 Å². The number of esters is 2. The summed E-state index contributed by atoms with van der Waals surface area (Å²) in [7, 11) is -2.61. The van der Waals surface area contributed by atoms with E-state index in [-0.39, 0.29) is 24.4 Å². The van der Waals surface area contributed by atoms with E-state index in [0.717, 1.165) is 0 Å². The van der Waals surface area contributed by atoms with Crippen molar-refractivity contribution in [3.8, 4) is 0 Å². The maximum absolute atomic E-state index is 10.4. The molecule has 0 atom stereocenters. The van der Waals surface area contributed by atoms with Crippen LogP contribution in [0.4, 0.5) is 0 Å². The summed E-state index contributed by atoms with van der Waals surface area (Å²) in [5.41, 5.74) is 0. The molecular formula is C18H38O8Si2Ti. The fourth-order valence-corrected chi connectivity index (χ4v) is 4.70. The van der Waals surface area contributed by atoms with Crippen molar-refractivity contribution in [1.29, 1.82) is 0 Å². The minimum absolute atomic E-state index is 0.103. The van der Waals surface area contributed by atoms with E-state index in [9.17, 15) is 19.2 Å². The Morgan fingerprint density at radius 2 is 0.931 bits per heavy atom. The van der Waals surface area contributed by atoms with Crippen molar-refractivity contribution in [2.24, 2.45) is 0 Å². The van der Waals surface area contributed by atoms with Gasteiger partial charge < -0.3 is 9.47 Å². The molecule has 0 fully saturated rings. The van der Waals surface area contributed by atoms with Gasteiger partial charge in [0.25, 0.3) is 0 Å². The Bertz CT molecular complexity index is 455. The van der Waals surface area contributed by atoms with Gasteiger partial charge >= 0.3 is 93.8 Å². The number of Topliss-reactive ketones (excluding diaryl/α,β-unsaturated/α-hetero) is 2. The monoisotopic (exact) mass is 486 g/mol. The zero-order valence-corrected chi connectivity index (χ0v) is 23.2. The van der Waals surface area contributed by atoms with Gasteiger partial charge in [0.2, 0.25) is 0 Å². The molecule has 0 N–H and O–H groups in total. The molecule has 0 aliphatic heterocycles. The van der Waals surface area contributed by atoms with E-state index >= 15 is 0 Å². The summed E-state index contributed by atoms with van der Waals surface area (Å²) < 4.78 is 20.3. The van der Waals surface area contributed by atoms with Gasteiger partial charge in [-0.1, -0.05) is 0 Å². The van der Waals surface area contributed by atoms with Crippen molar-refractivity contribution in [3.63, 3.8) is 0 Å². The second-order valence-corrected chi connectivity index (χ2v) is 18.9. The van der Waals surface area contributed by atoms with Gasteiger partial charge in [0.15, 0.2) is 0 Å². The van der Waals surface area contributed by atoms with Crippen molar-refractivity contribution in [3.05, 3.63) is 0 Å². The molecule has 8 nitrogen and oxygen atoms in total. The van der Waals surface area contributed by atoms with E-state index < -0.39 is 48.5 Å². The number of ether oxygens (including phenoxy) is 2. The average Bonchev–Trinajstić information content (AvgIpc) is 2.44. The van der Waals surface area contributed by atoms with E-state index in [2.05, 4.69) is 48.8 Å². The third kappa shape index (κ3) is 38.6. The molecule has 0 heterocycles. The summed E-state index contributed by atoms with van der Waals surface area (Å²) >= 11 is -0.557. The third-order valence-corrected chi connectivity index (χ3v) is 10.0. The van der Waals surface area contributed by atoms with Gasteiger partial charge in [0.1, 0.15) is 24.4 Å². The quantitative estimate of drug-likeness (QED) is 0.262. The van der Waals surface area contributed by atoms with Crippen molar-refractivity contribution in [1.82, 2.24) is 0 Å². The average molecular weight is 487 g/mol. The topological polar surface area (TPSA) is 105 Å². The van der Waals surface area contributed by atoms with Crippen LogP contribution in [0.25, 0.3) is 0 Å². The van der Waals surface area contributed by atoms with Crippen LogP contribution in [0.5, 0.6) is 0 Å². The van der Waals surface area contributed by atoms with E-state index in [1.165, 1.54) is 13.8 Å². The number of carbonyl (C=O) groups is 4. The van der Waals surface area contributed by atoms with Crippen LogP contribution in [0.3, 0.4) is 0 Å². The van der Waals surface area contributed by atoms with Crippen LogP contribution in [0.15, 0.2) is 0 Å². The van der Waals surface area contributed by atoms with Gasteiger partial charge in [-0.15, -0.1) is 0 Å².